The SMILES string of the molecule is CC1(C)OB(c2ccc(-c3cc(C=O)no3)cc2)OC1(C)C. The number of benzene rings is 1. The molecule has 0 atom stereocenters. The van der Waals surface area contributed by atoms with E-state index in [1.807, 2.05) is 52.0 Å². The molecule has 0 aliphatic carbocycles. The molecule has 1 aromatic heterocycles. The standard InChI is InChI=1S/C16H18BNO4/c1-15(2)16(3,4)22-17(21-15)12-7-5-11(6-8-12)14-9-13(10-19)18-20-14/h5-10H,1-4H3. The molecule has 0 saturated carbocycles. The lowest BCUT2D eigenvalue weighted by atomic mass is 9.79. The summed E-state index contributed by atoms with van der Waals surface area (Å²) in [6.45, 7) is 8.10. The molecular weight excluding hydrogens is 281 g/mol. The third-order valence-electron chi connectivity index (χ3n) is 4.37. The van der Waals surface area contributed by atoms with Gasteiger partial charge in [0.15, 0.2) is 12.0 Å². The van der Waals surface area contributed by atoms with Gasteiger partial charge in [0.25, 0.3) is 0 Å². The second-order valence-corrected chi connectivity index (χ2v) is 6.44. The predicted octanol–water partition coefficient (Wildman–Crippen LogP) is 2.45. The van der Waals surface area contributed by atoms with Crippen molar-refractivity contribution in [2.45, 2.75) is 38.9 Å². The topological polar surface area (TPSA) is 61.6 Å². The number of hydrogen-bond acceptors (Lipinski definition) is 5. The second-order valence-electron chi connectivity index (χ2n) is 6.44. The first-order valence-electron chi connectivity index (χ1n) is 7.20. The molecule has 1 aliphatic rings. The maximum Gasteiger partial charge on any atom is 0.494 e. The fourth-order valence-corrected chi connectivity index (χ4v) is 2.26. The van der Waals surface area contributed by atoms with Gasteiger partial charge in [0.05, 0.1) is 11.2 Å². The Morgan fingerprint density at radius 1 is 1.05 bits per heavy atom. The second kappa shape index (κ2) is 5.07. The largest absolute Gasteiger partial charge is 0.494 e. The fourth-order valence-electron chi connectivity index (χ4n) is 2.26. The molecule has 1 aromatic carbocycles. The van der Waals surface area contributed by atoms with Gasteiger partial charge in [-0.2, -0.15) is 0 Å². The average Bonchev–Trinajstić information content (AvgIpc) is 3.02. The van der Waals surface area contributed by atoms with Crippen LogP contribution in [0.5, 0.6) is 0 Å². The number of hydrogen-bond donors (Lipinski definition) is 0. The maximum atomic E-state index is 10.6. The molecule has 6 heteroatoms. The molecule has 0 amide bonds. The normalized spacial score (nSPS) is 19.4. The zero-order chi connectivity index (χ0) is 16.0. The lowest BCUT2D eigenvalue weighted by molar-refractivity contribution is 0.00578. The van der Waals surface area contributed by atoms with Crippen LogP contribution in [0.1, 0.15) is 38.2 Å². The molecule has 0 unspecified atom stereocenters. The Kier molecular flexibility index (Phi) is 3.46. The van der Waals surface area contributed by atoms with Crippen molar-refractivity contribution < 1.29 is 18.6 Å². The zero-order valence-corrected chi connectivity index (χ0v) is 13.1. The first kappa shape index (κ1) is 15.0. The highest BCUT2D eigenvalue weighted by atomic mass is 16.7. The van der Waals surface area contributed by atoms with Crippen LogP contribution in [-0.4, -0.2) is 29.8 Å². The summed E-state index contributed by atoms with van der Waals surface area (Å²) >= 11 is 0. The lowest BCUT2D eigenvalue weighted by Crippen LogP contribution is -2.41. The van der Waals surface area contributed by atoms with Gasteiger partial charge in [0.1, 0.15) is 5.69 Å². The fraction of sp³-hybridized carbons (Fsp3) is 0.375. The summed E-state index contributed by atoms with van der Waals surface area (Å²) in [5.74, 6) is 0.558. The Hall–Kier alpha value is -1.92. The molecule has 22 heavy (non-hydrogen) atoms. The smallest absolute Gasteiger partial charge is 0.399 e. The molecule has 0 bridgehead atoms. The Morgan fingerprint density at radius 3 is 2.14 bits per heavy atom. The lowest BCUT2D eigenvalue weighted by Gasteiger charge is -2.32. The summed E-state index contributed by atoms with van der Waals surface area (Å²) in [6, 6.07) is 9.27. The average molecular weight is 299 g/mol. The van der Waals surface area contributed by atoms with Crippen LogP contribution in [0.25, 0.3) is 11.3 Å². The van der Waals surface area contributed by atoms with Crippen molar-refractivity contribution in [1.82, 2.24) is 5.16 Å². The summed E-state index contributed by atoms with van der Waals surface area (Å²) in [7, 11) is -0.390. The molecule has 5 nitrogen and oxygen atoms in total. The van der Waals surface area contributed by atoms with E-state index >= 15 is 0 Å². The first-order valence-corrected chi connectivity index (χ1v) is 7.20. The molecule has 114 valence electrons. The molecule has 1 saturated heterocycles. The number of nitrogens with zero attached hydrogens (tertiary/aromatic N) is 1. The van der Waals surface area contributed by atoms with Crippen molar-refractivity contribution in [3.8, 4) is 11.3 Å². The van der Waals surface area contributed by atoms with Gasteiger partial charge < -0.3 is 13.8 Å². The van der Waals surface area contributed by atoms with Crippen molar-refractivity contribution in [1.29, 1.82) is 0 Å². The van der Waals surface area contributed by atoms with Crippen molar-refractivity contribution in [3.63, 3.8) is 0 Å². The van der Waals surface area contributed by atoms with Gasteiger partial charge in [0.2, 0.25) is 0 Å². The van der Waals surface area contributed by atoms with Crippen LogP contribution < -0.4 is 5.46 Å². The Morgan fingerprint density at radius 2 is 1.64 bits per heavy atom. The van der Waals surface area contributed by atoms with Crippen molar-refractivity contribution in [2.24, 2.45) is 0 Å². The van der Waals surface area contributed by atoms with E-state index in [-0.39, 0.29) is 24.0 Å². The predicted molar refractivity (Wildman–Crippen MR) is 83.0 cm³/mol. The van der Waals surface area contributed by atoms with Gasteiger partial charge in [-0.1, -0.05) is 29.4 Å². The van der Waals surface area contributed by atoms with Gasteiger partial charge >= 0.3 is 7.12 Å². The summed E-state index contributed by atoms with van der Waals surface area (Å²) in [5.41, 5.74) is 1.35. The number of aromatic nitrogens is 1. The Bertz CT molecular complexity index is 674. The highest BCUT2D eigenvalue weighted by molar-refractivity contribution is 6.62. The number of aldehydes is 1. The van der Waals surface area contributed by atoms with Crippen LogP contribution in [-0.2, 0) is 9.31 Å². The van der Waals surface area contributed by atoms with Gasteiger partial charge in [-0.25, -0.2) is 0 Å². The molecule has 3 rings (SSSR count). The third-order valence-corrected chi connectivity index (χ3v) is 4.37. The van der Waals surface area contributed by atoms with E-state index in [1.54, 1.807) is 6.07 Å². The highest BCUT2D eigenvalue weighted by Gasteiger charge is 2.51. The molecule has 0 N–H and O–H groups in total. The maximum absolute atomic E-state index is 10.6. The van der Waals surface area contributed by atoms with Crippen molar-refractivity contribution >= 4 is 18.9 Å². The highest BCUT2D eigenvalue weighted by Crippen LogP contribution is 2.36. The molecular formula is C16H18BNO4. The number of carbonyl (C=O) groups excluding carboxylic acids is 1. The van der Waals surface area contributed by atoms with E-state index in [0.717, 1.165) is 11.0 Å². The first-order chi connectivity index (χ1) is 10.3. The van der Waals surface area contributed by atoms with Crippen LogP contribution in [0.3, 0.4) is 0 Å². The van der Waals surface area contributed by atoms with Gasteiger partial charge in [0, 0.05) is 11.6 Å². The molecule has 2 aromatic rings. The van der Waals surface area contributed by atoms with E-state index in [1.165, 1.54) is 0 Å². The third kappa shape index (κ3) is 2.49. The van der Waals surface area contributed by atoms with Crippen LogP contribution in [0.15, 0.2) is 34.9 Å². The molecule has 1 aliphatic heterocycles. The Balaban J connectivity index is 1.82. The zero-order valence-electron chi connectivity index (χ0n) is 13.1. The summed E-state index contributed by atoms with van der Waals surface area (Å²) < 4.78 is 17.2. The molecule has 0 radical (unpaired) electrons. The quantitative estimate of drug-likeness (QED) is 0.643. The van der Waals surface area contributed by atoms with E-state index in [0.29, 0.717) is 12.0 Å². The van der Waals surface area contributed by atoms with Gasteiger partial charge in [-0.15, -0.1) is 0 Å². The van der Waals surface area contributed by atoms with Crippen LogP contribution in [0.2, 0.25) is 0 Å². The van der Waals surface area contributed by atoms with Crippen LogP contribution in [0, 0.1) is 0 Å². The van der Waals surface area contributed by atoms with Crippen molar-refractivity contribution in [3.05, 3.63) is 36.0 Å². The van der Waals surface area contributed by atoms with Crippen LogP contribution in [0.4, 0.5) is 0 Å². The monoisotopic (exact) mass is 299 g/mol. The van der Waals surface area contributed by atoms with E-state index in [2.05, 4.69) is 5.16 Å². The Labute approximate surface area is 129 Å². The van der Waals surface area contributed by atoms with E-state index in [9.17, 15) is 4.79 Å². The molecule has 1 fully saturated rings. The van der Waals surface area contributed by atoms with E-state index < -0.39 is 0 Å². The summed E-state index contributed by atoms with van der Waals surface area (Å²) in [4.78, 5) is 10.6. The summed E-state index contributed by atoms with van der Waals surface area (Å²) in [5, 5.41) is 3.66. The number of carbonyl (C=O) groups is 1. The summed E-state index contributed by atoms with van der Waals surface area (Å²) in [6.07, 6.45) is 0.658. The van der Waals surface area contributed by atoms with E-state index in [4.69, 9.17) is 13.8 Å². The minimum absolute atomic E-state index is 0.282. The van der Waals surface area contributed by atoms with Crippen molar-refractivity contribution in [2.75, 3.05) is 0 Å². The molecule has 0 spiro atoms. The minimum Gasteiger partial charge on any atom is -0.399 e. The van der Waals surface area contributed by atoms with Gasteiger partial charge in [-0.05, 0) is 33.2 Å². The molecule has 2 heterocycles. The number of rotatable bonds is 3. The van der Waals surface area contributed by atoms with Crippen LogP contribution >= 0.6 is 0 Å². The van der Waals surface area contributed by atoms with Gasteiger partial charge in [-0.3, -0.25) is 4.79 Å². The minimum atomic E-state index is -0.390.